The number of hydrogen-bond acceptors (Lipinski definition) is 6. The number of nitrogens with zero attached hydrogens (tertiary/aromatic N) is 2. The monoisotopic (exact) mass is 375 g/mol. The predicted molar refractivity (Wildman–Crippen MR) is 94.8 cm³/mol. The zero-order chi connectivity index (χ0) is 17.4. The maximum absolute atomic E-state index is 12.5. The third-order valence-electron chi connectivity index (χ3n) is 4.00. The summed E-state index contributed by atoms with van der Waals surface area (Å²) in [4.78, 5) is 0. The van der Waals surface area contributed by atoms with Crippen LogP contribution in [0.4, 0.5) is 0 Å². The Kier molecular flexibility index (Phi) is 4.18. The second kappa shape index (κ2) is 6.36. The highest BCUT2D eigenvalue weighted by Gasteiger charge is 2.30. The third-order valence-corrected chi connectivity index (χ3v) is 6.84. The van der Waals surface area contributed by atoms with Crippen LogP contribution in [0.3, 0.4) is 0 Å². The fourth-order valence-electron chi connectivity index (χ4n) is 2.49. The highest BCUT2D eigenvalue weighted by Crippen LogP contribution is 2.40. The number of sulfonamides is 1. The molecule has 1 aliphatic rings. The fourth-order valence-corrected chi connectivity index (χ4v) is 4.70. The molecule has 1 N–H and O–H groups in total. The van der Waals surface area contributed by atoms with Gasteiger partial charge in [0.05, 0.1) is 5.56 Å². The molecule has 0 atom stereocenters. The molecule has 0 saturated heterocycles. The standard InChI is InChI=1S/C17H17N3O3S2/c1-11-3-2-4-12(7-11)9-18-25(21,22)15-8-14(10-24-15)17-20-19-16(23-17)13-5-6-13/h2-4,7-8,10,13,18H,5-6,9H2,1H3. The minimum Gasteiger partial charge on any atom is -0.420 e. The van der Waals surface area contributed by atoms with Crippen LogP contribution in [0, 0.1) is 6.92 Å². The van der Waals surface area contributed by atoms with Gasteiger partial charge in [0, 0.05) is 17.8 Å². The summed E-state index contributed by atoms with van der Waals surface area (Å²) in [5, 5.41) is 9.78. The van der Waals surface area contributed by atoms with Gasteiger partial charge in [0.15, 0.2) is 0 Å². The number of aryl methyl sites for hydroxylation is 1. The summed E-state index contributed by atoms with van der Waals surface area (Å²) in [5.41, 5.74) is 2.66. The number of rotatable bonds is 6. The van der Waals surface area contributed by atoms with Crippen LogP contribution in [-0.2, 0) is 16.6 Å². The van der Waals surface area contributed by atoms with E-state index in [0.717, 1.165) is 35.3 Å². The second-order valence-electron chi connectivity index (χ2n) is 6.19. The van der Waals surface area contributed by atoms with E-state index in [2.05, 4.69) is 14.9 Å². The van der Waals surface area contributed by atoms with Crippen molar-refractivity contribution in [1.82, 2.24) is 14.9 Å². The van der Waals surface area contributed by atoms with Crippen molar-refractivity contribution in [3.05, 3.63) is 52.7 Å². The Morgan fingerprint density at radius 3 is 2.88 bits per heavy atom. The molecule has 6 nitrogen and oxygen atoms in total. The molecule has 0 unspecified atom stereocenters. The van der Waals surface area contributed by atoms with Crippen LogP contribution in [0.2, 0.25) is 0 Å². The minimum atomic E-state index is -3.58. The molecule has 4 rings (SSSR count). The Hall–Kier alpha value is -2.03. The lowest BCUT2D eigenvalue weighted by Crippen LogP contribution is -2.22. The van der Waals surface area contributed by atoms with E-state index in [-0.39, 0.29) is 10.8 Å². The third kappa shape index (κ3) is 3.65. The fraction of sp³-hybridized carbons (Fsp3) is 0.294. The van der Waals surface area contributed by atoms with E-state index in [1.807, 2.05) is 31.2 Å². The van der Waals surface area contributed by atoms with Gasteiger partial charge < -0.3 is 4.42 Å². The first kappa shape index (κ1) is 16.4. The summed E-state index contributed by atoms with van der Waals surface area (Å²) in [6.07, 6.45) is 2.15. The summed E-state index contributed by atoms with van der Waals surface area (Å²) < 4.78 is 33.5. The van der Waals surface area contributed by atoms with E-state index in [1.54, 1.807) is 11.4 Å². The largest absolute Gasteiger partial charge is 0.420 e. The molecule has 2 heterocycles. The molecule has 0 amide bonds. The molecule has 130 valence electrons. The number of thiophene rings is 1. The molecule has 2 aromatic heterocycles. The lowest BCUT2D eigenvalue weighted by atomic mass is 10.1. The average Bonchev–Trinajstić information content (AvgIpc) is 3.11. The van der Waals surface area contributed by atoms with Crippen molar-refractivity contribution in [1.29, 1.82) is 0 Å². The van der Waals surface area contributed by atoms with Crippen LogP contribution in [0.1, 0.15) is 35.8 Å². The molecule has 0 radical (unpaired) electrons. The molecule has 0 bridgehead atoms. The number of hydrogen-bond donors (Lipinski definition) is 1. The molecular weight excluding hydrogens is 358 g/mol. The van der Waals surface area contributed by atoms with Gasteiger partial charge >= 0.3 is 0 Å². The van der Waals surface area contributed by atoms with Crippen molar-refractivity contribution in [2.75, 3.05) is 0 Å². The van der Waals surface area contributed by atoms with Crippen molar-refractivity contribution in [3.63, 3.8) is 0 Å². The molecule has 1 aliphatic carbocycles. The van der Waals surface area contributed by atoms with Crippen molar-refractivity contribution in [2.24, 2.45) is 0 Å². The SMILES string of the molecule is Cc1cccc(CNS(=O)(=O)c2cc(-c3nnc(C4CC4)o3)cs2)c1. The van der Waals surface area contributed by atoms with Crippen LogP contribution >= 0.6 is 11.3 Å². The van der Waals surface area contributed by atoms with Crippen LogP contribution in [-0.4, -0.2) is 18.6 Å². The molecule has 0 aliphatic heterocycles. The maximum atomic E-state index is 12.5. The summed E-state index contributed by atoms with van der Waals surface area (Å²) in [7, 11) is -3.58. The van der Waals surface area contributed by atoms with Gasteiger partial charge in [-0.25, -0.2) is 13.1 Å². The number of aromatic nitrogens is 2. The lowest BCUT2D eigenvalue weighted by molar-refractivity contribution is 0.508. The Balaban J connectivity index is 1.49. The van der Waals surface area contributed by atoms with E-state index in [0.29, 0.717) is 23.3 Å². The van der Waals surface area contributed by atoms with Gasteiger partial charge in [0.25, 0.3) is 0 Å². The lowest BCUT2D eigenvalue weighted by Gasteiger charge is -2.05. The highest BCUT2D eigenvalue weighted by atomic mass is 32.2. The van der Waals surface area contributed by atoms with Gasteiger partial charge in [-0.3, -0.25) is 0 Å². The molecule has 25 heavy (non-hydrogen) atoms. The van der Waals surface area contributed by atoms with Crippen LogP contribution in [0.25, 0.3) is 11.5 Å². The molecule has 1 fully saturated rings. The minimum absolute atomic E-state index is 0.237. The normalized spacial score (nSPS) is 14.8. The molecule has 3 aromatic rings. The van der Waals surface area contributed by atoms with E-state index >= 15 is 0 Å². The van der Waals surface area contributed by atoms with E-state index in [9.17, 15) is 8.42 Å². The van der Waals surface area contributed by atoms with Gasteiger partial charge in [-0.05, 0) is 31.4 Å². The first-order valence-electron chi connectivity index (χ1n) is 7.99. The topological polar surface area (TPSA) is 85.1 Å². The summed E-state index contributed by atoms with van der Waals surface area (Å²) in [6.45, 7) is 2.23. The van der Waals surface area contributed by atoms with Gasteiger partial charge in [-0.15, -0.1) is 21.5 Å². The number of benzene rings is 1. The number of nitrogens with one attached hydrogen (secondary N) is 1. The summed E-state index contributed by atoms with van der Waals surface area (Å²) in [6, 6.07) is 9.32. The van der Waals surface area contributed by atoms with Crippen LogP contribution < -0.4 is 4.72 Å². The Labute approximate surface area is 150 Å². The Morgan fingerprint density at radius 2 is 2.12 bits per heavy atom. The molecular formula is C17H17N3O3S2. The Morgan fingerprint density at radius 1 is 1.28 bits per heavy atom. The quantitative estimate of drug-likeness (QED) is 0.713. The smallest absolute Gasteiger partial charge is 0.250 e. The van der Waals surface area contributed by atoms with Gasteiger partial charge in [0.1, 0.15) is 4.21 Å². The highest BCUT2D eigenvalue weighted by molar-refractivity contribution is 7.91. The zero-order valence-electron chi connectivity index (χ0n) is 13.6. The van der Waals surface area contributed by atoms with E-state index in [1.165, 1.54) is 0 Å². The molecule has 1 aromatic carbocycles. The van der Waals surface area contributed by atoms with Gasteiger partial charge in [-0.2, -0.15) is 0 Å². The summed E-state index contributed by atoms with van der Waals surface area (Å²) >= 11 is 1.14. The van der Waals surface area contributed by atoms with E-state index in [4.69, 9.17) is 4.42 Å². The molecule has 8 heteroatoms. The van der Waals surface area contributed by atoms with Crippen molar-refractivity contribution >= 4 is 21.4 Å². The van der Waals surface area contributed by atoms with Crippen molar-refractivity contribution in [3.8, 4) is 11.5 Å². The molecule has 0 spiro atoms. The van der Waals surface area contributed by atoms with Crippen molar-refractivity contribution < 1.29 is 12.8 Å². The zero-order valence-corrected chi connectivity index (χ0v) is 15.2. The first-order valence-corrected chi connectivity index (χ1v) is 10.3. The average molecular weight is 375 g/mol. The van der Waals surface area contributed by atoms with Crippen LogP contribution in [0.15, 0.2) is 44.3 Å². The molecule has 1 saturated carbocycles. The van der Waals surface area contributed by atoms with Gasteiger partial charge in [-0.1, -0.05) is 29.8 Å². The Bertz CT molecular complexity index is 1000. The second-order valence-corrected chi connectivity index (χ2v) is 9.09. The predicted octanol–water partition coefficient (Wildman–Crippen LogP) is 3.46. The summed E-state index contributed by atoms with van der Waals surface area (Å²) in [5.74, 6) is 1.39. The van der Waals surface area contributed by atoms with Crippen molar-refractivity contribution in [2.45, 2.75) is 36.4 Å². The van der Waals surface area contributed by atoms with Crippen LogP contribution in [0.5, 0.6) is 0 Å². The van der Waals surface area contributed by atoms with Gasteiger partial charge in [0.2, 0.25) is 21.8 Å². The maximum Gasteiger partial charge on any atom is 0.250 e. The van der Waals surface area contributed by atoms with E-state index < -0.39 is 10.0 Å². The first-order chi connectivity index (χ1) is 12.0.